The van der Waals surface area contributed by atoms with Crippen molar-refractivity contribution in [2.24, 2.45) is 0 Å². The van der Waals surface area contributed by atoms with E-state index >= 15 is 0 Å². The second-order valence-electron chi connectivity index (χ2n) is 5.10. The summed E-state index contributed by atoms with van der Waals surface area (Å²) in [4.78, 5) is 14.7. The fourth-order valence-electron chi connectivity index (χ4n) is 2.17. The third kappa shape index (κ3) is 3.98. The SMILES string of the molecule is CCCCCCC(NO)(Sc1nc2ccccc2s1)C(=O)O. The van der Waals surface area contributed by atoms with Crippen LogP contribution in [0.15, 0.2) is 28.6 Å². The first-order chi connectivity index (χ1) is 10.6. The van der Waals surface area contributed by atoms with Gasteiger partial charge >= 0.3 is 5.97 Å². The van der Waals surface area contributed by atoms with Gasteiger partial charge in [-0.2, -0.15) is 5.48 Å². The summed E-state index contributed by atoms with van der Waals surface area (Å²) >= 11 is 2.51. The molecule has 0 aliphatic rings. The molecule has 3 N–H and O–H groups in total. The lowest BCUT2D eigenvalue weighted by atomic mass is 10.1. The van der Waals surface area contributed by atoms with Crippen LogP contribution in [0.2, 0.25) is 0 Å². The second kappa shape index (κ2) is 7.92. The number of rotatable bonds is 9. The van der Waals surface area contributed by atoms with Crippen LogP contribution in [0.1, 0.15) is 39.0 Å². The average molecular weight is 340 g/mol. The number of fused-ring (bicyclic) bond motifs is 1. The Balaban J connectivity index is 2.16. The largest absolute Gasteiger partial charge is 0.479 e. The molecule has 0 radical (unpaired) electrons. The number of hydrogen-bond donors (Lipinski definition) is 3. The Hall–Kier alpha value is -1.15. The van der Waals surface area contributed by atoms with Crippen molar-refractivity contribution in [3.8, 4) is 0 Å². The van der Waals surface area contributed by atoms with Crippen molar-refractivity contribution in [1.29, 1.82) is 0 Å². The van der Waals surface area contributed by atoms with Crippen LogP contribution in [0.3, 0.4) is 0 Å². The lowest BCUT2D eigenvalue weighted by Gasteiger charge is -2.25. The Kier molecular flexibility index (Phi) is 6.19. The molecule has 0 amide bonds. The average Bonchev–Trinajstić information content (AvgIpc) is 2.92. The van der Waals surface area contributed by atoms with Gasteiger partial charge in [-0.05, 0) is 18.6 Å². The maximum Gasteiger partial charge on any atom is 0.337 e. The molecule has 0 aliphatic carbocycles. The molecule has 0 bridgehead atoms. The van der Waals surface area contributed by atoms with Gasteiger partial charge in [-0.1, -0.05) is 56.5 Å². The lowest BCUT2D eigenvalue weighted by molar-refractivity contribution is -0.144. The molecule has 0 saturated heterocycles. The Morgan fingerprint density at radius 1 is 1.36 bits per heavy atom. The summed E-state index contributed by atoms with van der Waals surface area (Å²) in [7, 11) is 0. The number of hydrogen-bond acceptors (Lipinski definition) is 6. The first kappa shape index (κ1) is 17.2. The first-order valence-corrected chi connectivity index (χ1v) is 8.94. The number of aromatic nitrogens is 1. The number of benzene rings is 1. The van der Waals surface area contributed by atoms with Crippen molar-refractivity contribution in [1.82, 2.24) is 10.5 Å². The molecule has 120 valence electrons. The number of nitrogens with zero attached hydrogens (tertiary/aromatic N) is 1. The number of nitrogens with one attached hydrogen (secondary N) is 1. The standard InChI is InChI=1S/C15H20N2O3S2/c1-2-3-4-7-10-15(17-20,13(18)19)22-14-16-11-8-5-6-9-12(11)21-14/h5-6,8-9,17,20H,2-4,7,10H2,1H3,(H,18,19). The van der Waals surface area contributed by atoms with Gasteiger partial charge in [0.2, 0.25) is 0 Å². The number of thiazole rings is 1. The smallest absolute Gasteiger partial charge is 0.337 e. The minimum absolute atomic E-state index is 0.347. The molecule has 5 nitrogen and oxygen atoms in total. The highest BCUT2D eigenvalue weighted by Crippen LogP contribution is 2.39. The first-order valence-electron chi connectivity index (χ1n) is 7.30. The van der Waals surface area contributed by atoms with Crippen LogP contribution >= 0.6 is 23.1 Å². The molecule has 2 rings (SSSR count). The summed E-state index contributed by atoms with van der Waals surface area (Å²) in [5, 5.41) is 19.0. The minimum atomic E-state index is -1.44. The van der Waals surface area contributed by atoms with Gasteiger partial charge in [0.05, 0.1) is 10.2 Å². The third-order valence-electron chi connectivity index (χ3n) is 3.44. The third-order valence-corrected chi connectivity index (χ3v) is 5.86. The van der Waals surface area contributed by atoms with E-state index in [1.807, 2.05) is 29.7 Å². The monoisotopic (exact) mass is 340 g/mol. The summed E-state index contributed by atoms with van der Waals surface area (Å²) < 4.78 is 1.65. The van der Waals surface area contributed by atoms with Gasteiger partial charge in [0.1, 0.15) is 0 Å². The fourth-order valence-corrected chi connectivity index (χ4v) is 4.55. The molecule has 7 heteroatoms. The number of unbranched alkanes of at least 4 members (excludes halogenated alkanes) is 3. The summed E-state index contributed by atoms with van der Waals surface area (Å²) in [5.74, 6) is -1.07. The molecule has 22 heavy (non-hydrogen) atoms. The van der Waals surface area contributed by atoms with E-state index in [0.29, 0.717) is 10.8 Å². The molecule has 1 aromatic carbocycles. The van der Waals surface area contributed by atoms with Crippen LogP contribution in [0, 0.1) is 0 Å². The summed E-state index contributed by atoms with van der Waals surface area (Å²) in [6, 6.07) is 7.67. The summed E-state index contributed by atoms with van der Waals surface area (Å²) in [6.07, 6.45) is 4.18. The Bertz CT molecular complexity index is 599. The Morgan fingerprint density at radius 3 is 2.77 bits per heavy atom. The highest BCUT2D eigenvalue weighted by atomic mass is 32.2. The predicted octanol–water partition coefficient (Wildman–Crippen LogP) is 4.12. The van der Waals surface area contributed by atoms with Gasteiger partial charge in [0, 0.05) is 0 Å². The maximum absolute atomic E-state index is 11.7. The molecule has 1 aromatic heterocycles. The zero-order valence-electron chi connectivity index (χ0n) is 12.4. The van der Waals surface area contributed by atoms with Gasteiger partial charge in [0.25, 0.3) is 0 Å². The van der Waals surface area contributed by atoms with Gasteiger partial charge < -0.3 is 10.3 Å². The number of hydroxylamine groups is 1. The lowest BCUT2D eigenvalue weighted by Crippen LogP contribution is -2.47. The maximum atomic E-state index is 11.7. The van der Waals surface area contributed by atoms with E-state index in [0.717, 1.165) is 47.7 Å². The summed E-state index contributed by atoms with van der Waals surface area (Å²) in [6.45, 7) is 2.10. The molecular formula is C15H20N2O3S2. The van der Waals surface area contributed by atoms with Crippen LogP contribution in [0.5, 0.6) is 0 Å². The minimum Gasteiger partial charge on any atom is -0.479 e. The van der Waals surface area contributed by atoms with Crippen molar-refractivity contribution in [2.75, 3.05) is 0 Å². The molecule has 0 aliphatic heterocycles. The van der Waals surface area contributed by atoms with Gasteiger partial charge in [0.15, 0.2) is 9.21 Å². The van der Waals surface area contributed by atoms with Crippen LogP contribution in [0.25, 0.3) is 10.2 Å². The molecule has 0 fully saturated rings. The number of carbonyl (C=O) groups is 1. The molecule has 0 spiro atoms. The normalized spacial score (nSPS) is 14.1. The fraction of sp³-hybridized carbons (Fsp3) is 0.467. The van der Waals surface area contributed by atoms with Crippen molar-refractivity contribution < 1.29 is 15.1 Å². The van der Waals surface area contributed by atoms with E-state index in [1.165, 1.54) is 11.3 Å². The van der Waals surface area contributed by atoms with E-state index in [9.17, 15) is 15.1 Å². The zero-order valence-corrected chi connectivity index (χ0v) is 14.0. The van der Waals surface area contributed by atoms with Crippen LogP contribution < -0.4 is 5.48 Å². The topological polar surface area (TPSA) is 82.5 Å². The van der Waals surface area contributed by atoms with E-state index in [1.54, 1.807) is 0 Å². The summed E-state index contributed by atoms with van der Waals surface area (Å²) in [5.41, 5.74) is 2.86. The highest BCUT2D eigenvalue weighted by molar-refractivity contribution is 8.03. The van der Waals surface area contributed by atoms with E-state index < -0.39 is 10.8 Å². The van der Waals surface area contributed by atoms with Crippen LogP contribution in [-0.4, -0.2) is 26.1 Å². The molecule has 0 saturated carbocycles. The Morgan fingerprint density at radius 2 is 2.14 bits per heavy atom. The number of carboxylic acids is 1. The number of aliphatic carboxylic acids is 1. The van der Waals surface area contributed by atoms with Gasteiger partial charge in [-0.3, -0.25) is 0 Å². The van der Waals surface area contributed by atoms with Gasteiger partial charge in [-0.15, -0.1) is 11.3 Å². The van der Waals surface area contributed by atoms with Crippen molar-refractivity contribution in [3.05, 3.63) is 24.3 Å². The second-order valence-corrected chi connectivity index (χ2v) is 7.68. The van der Waals surface area contributed by atoms with Gasteiger partial charge in [-0.25, -0.2) is 9.78 Å². The zero-order chi connectivity index (χ0) is 16.0. The predicted molar refractivity (Wildman–Crippen MR) is 89.5 cm³/mol. The molecule has 1 heterocycles. The highest BCUT2D eigenvalue weighted by Gasteiger charge is 2.40. The van der Waals surface area contributed by atoms with E-state index in [4.69, 9.17) is 0 Å². The van der Waals surface area contributed by atoms with E-state index in [2.05, 4.69) is 11.9 Å². The molecule has 1 unspecified atom stereocenters. The number of thioether (sulfide) groups is 1. The quantitative estimate of drug-likeness (QED) is 0.276. The van der Waals surface area contributed by atoms with Crippen molar-refractivity contribution >= 4 is 39.3 Å². The molecule has 1 atom stereocenters. The van der Waals surface area contributed by atoms with Crippen molar-refractivity contribution in [2.45, 2.75) is 48.2 Å². The van der Waals surface area contributed by atoms with Crippen molar-refractivity contribution in [3.63, 3.8) is 0 Å². The van der Waals surface area contributed by atoms with E-state index in [-0.39, 0.29) is 0 Å². The van der Waals surface area contributed by atoms with Crippen LogP contribution in [-0.2, 0) is 4.79 Å². The molecule has 2 aromatic rings. The molecular weight excluding hydrogens is 320 g/mol. The van der Waals surface area contributed by atoms with Crippen LogP contribution in [0.4, 0.5) is 0 Å². The number of carboxylic acid groups (broad SMARTS) is 1. The number of para-hydroxylation sites is 1. The Labute approximate surface area is 137 Å².